The van der Waals surface area contributed by atoms with Gasteiger partial charge in [0, 0.05) is 24.3 Å². The van der Waals surface area contributed by atoms with Gasteiger partial charge in [-0.25, -0.2) is 0 Å². The van der Waals surface area contributed by atoms with Gasteiger partial charge >= 0.3 is 0 Å². The molecule has 5 nitrogen and oxygen atoms in total. The molecule has 5 heteroatoms. The van der Waals surface area contributed by atoms with Crippen molar-refractivity contribution in [2.24, 2.45) is 17.3 Å². The summed E-state index contributed by atoms with van der Waals surface area (Å²) in [5.41, 5.74) is 0.301. The van der Waals surface area contributed by atoms with Crippen molar-refractivity contribution in [3.8, 4) is 0 Å². The number of carbonyl (C=O) groups is 2. The number of nitrogens with zero attached hydrogens (tertiary/aromatic N) is 1. The Kier molecular flexibility index (Phi) is 4.53. The van der Waals surface area contributed by atoms with E-state index >= 15 is 0 Å². The van der Waals surface area contributed by atoms with Crippen LogP contribution < -0.4 is 5.32 Å². The Bertz CT molecular complexity index is 724. The van der Waals surface area contributed by atoms with Crippen LogP contribution in [0.1, 0.15) is 62.7 Å². The van der Waals surface area contributed by atoms with Crippen molar-refractivity contribution in [1.29, 1.82) is 0 Å². The molecule has 4 saturated carbocycles. The first-order valence-electron chi connectivity index (χ1n) is 10.3. The molecule has 0 radical (unpaired) electrons. The van der Waals surface area contributed by atoms with Gasteiger partial charge in [-0.05, 0) is 88.5 Å². The van der Waals surface area contributed by atoms with Gasteiger partial charge in [0.15, 0.2) is 0 Å². The van der Waals surface area contributed by atoms with Gasteiger partial charge in [0.2, 0.25) is 5.91 Å². The second kappa shape index (κ2) is 6.62. The molecule has 146 valence electrons. The van der Waals surface area contributed by atoms with E-state index < -0.39 is 11.0 Å². The maximum Gasteiger partial charge on any atom is 0.253 e. The molecule has 1 aromatic carbocycles. The highest BCUT2D eigenvalue weighted by atomic mass is 16.3. The second-order valence-corrected chi connectivity index (χ2v) is 8.97. The fraction of sp³-hybridized carbons (Fsp3) is 0.636. The standard InChI is InChI=1S/C22H30N2O3/c1-3-24(4-2)19(25)17-5-7-18(8-6-17)23-20(26)21-10-15-9-16(11-21)13-22(27,12-15)14-21/h5-8,15-16,27H,3-4,9-14H2,1-2H3,(H,23,26)/t15-,16+,21?,22?. The lowest BCUT2D eigenvalue weighted by atomic mass is 9.47. The first-order chi connectivity index (χ1) is 12.9. The van der Waals surface area contributed by atoms with Crippen molar-refractivity contribution in [3.63, 3.8) is 0 Å². The first kappa shape index (κ1) is 18.5. The minimum absolute atomic E-state index is 0.0150. The number of carbonyl (C=O) groups excluding carboxylic acids is 2. The predicted molar refractivity (Wildman–Crippen MR) is 104 cm³/mol. The molecule has 5 rings (SSSR count). The molecule has 0 saturated heterocycles. The molecule has 2 unspecified atom stereocenters. The molecular weight excluding hydrogens is 340 g/mol. The van der Waals surface area contributed by atoms with E-state index in [0.717, 1.165) is 31.4 Å². The molecule has 27 heavy (non-hydrogen) atoms. The highest BCUT2D eigenvalue weighted by molar-refractivity contribution is 5.97. The average molecular weight is 370 g/mol. The molecule has 4 bridgehead atoms. The summed E-state index contributed by atoms with van der Waals surface area (Å²) < 4.78 is 0. The van der Waals surface area contributed by atoms with Crippen LogP contribution in [0.3, 0.4) is 0 Å². The average Bonchev–Trinajstić information content (AvgIpc) is 2.61. The van der Waals surface area contributed by atoms with E-state index in [1.54, 1.807) is 17.0 Å². The van der Waals surface area contributed by atoms with Crippen LogP contribution in [0.2, 0.25) is 0 Å². The zero-order valence-electron chi connectivity index (χ0n) is 16.3. The Morgan fingerprint density at radius 2 is 1.67 bits per heavy atom. The van der Waals surface area contributed by atoms with E-state index in [9.17, 15) is 14.7 Å². The predicted octanol–water partition coefficient (Wildman–Crippen LogP) is 3.44. The van der Waals surface area contributed by atoms with Crippen molar-refractivity contribution < 1.29 is 14.7 Å². The van der Waals surface area contributed by atoms with Gasteiger partial charge in [-0.3, -0.25) is 9.59 Å². The molecule has 1 aromatic rings. The Labute approximate surface area is 161 Å². The zero-order chi connectivity index (χ0) is 19.2. The smallest absolute Gasteiger partial charge is 0.253 e. The normalized spacial score (nSPS) is 33.7. The van der Waals surface area contributed by atoms with Crippen LogP contribution in [-0.2, 0) is 4.79 Å². The number of aliphatic hydroxyl groups is 1. The van der Waals surface area contributed by atoms with Crippen molar-refractivity contribution in [2.75, 3.05) is 18.4 Å². The fourth-order valence-electron chi connectivity index (χ4n) is 6.13. The van der Waals surface area contributed by atoms with E-state index in [4.69, 9.17) is 0 Å². The molecule has 0 heterocycles. The van der Waals surface area contributed by atoms with Crippen LogP contribution in [-0.4, -0.2) is 40.5 Å². The fourth-order valence-corrected chi connectivity index (χ4v) is 6.13. The third-order valence-electron chi connectivity index (χ3n) is 6.95. The van der Waals surface area contributed by atoms with Gasteiger partial charge in [-0.2, -0.15) is 0 Å². The van der Waals surface area contributed by atoms with Crippen molar-refractivity contribution in [1.82, 2.24) is 4.90 Å². The molecule has 2 N–H and O–H groups in total. The van der Waals surface area contributed by atoms with Gasteiger partial charge in [0.1, 0.15) is 0 Å². The lowest BCUT2D eigenvalue weighted by Gasteiger charge is -2.59. The second-order valence-electron chi connectivity index (χ2n) is 8.97. The number of nitrogens with one attached hydrogen (secondary N) is 1. The number of benzene rings is 1. The Balaban J connectivity index is 1.47. The minimum atomic E-state index is -0.637. The zero-order valence-corrected chi connectivity index (χ0v) is 16.3. The Morgan fingerprint density at radius 1 is 1.07 bits per heavy atom. The number of anilines is 1. The summed E-state index contributed by atoms with van der Waals surface area (Å²) >= 11 is 0. The largest absolute Gasteiger partial charge is 0.390 e. The Hall–Kier alpha value is -1.88. The summed E-state index contributed by atoms with van der Waals surface area (Å²) in [4.78, 5) is 27.3. The molecule has 0 aromatic heterocycles. The summed E-state index contributed by atoms with van der Waals surface area (Å²) in [6.07, 6.45) is 5.28. The molecule has 4 atom stereocenters. The number of rotatable bonds is 5. The quantitative estimate of drug-likeness (QED) is 0.834. The minimum Gasteiger partial charge on any atom is -0.390 e. The van der Waals surface area contributed by atoms with Gasteiger partial charge in [-0.1, -0.05) is 0 Å². The third kappa shape index (κ3) is 3.27. The molecule has 0 aliphatic heterocycles. The van der Waals surface area contributed by atoms with Gasteiger partial charge < -0.3 is 15.3 Å². The molecule has 4 aliphatic carbocycles. The van der Waals surface area contributed by atoms with Crippen LogP contribution in [0.25, 0.3) is 0 Å². The van der Waals surface area contributed by atoms with Crippen LogP contribution in [0.15, 0.2) is 24.3 Å². The van der Waals surface area contributed by atoms with Crippen molar-refractivity contribution >= 4 is 17.5 Å². The maximum absolute atomic E-state index is 13.1. The van der Waals surface area contributed by atoms with E-state index in [2.05, 4.69) is 5.32 Å². The first-order valence-corrected chi connectivity index (χ1v) is 10.3. The summed E-state index contributed by atoms with van der Waals surface area (Å²) in [7, 11) is 0. The topological polar surface area (TPSA) is 69.6 Å². The van der Waals surface area contributed by atoms with Gasteiger partial charge in [0.25, 0.3) is 5.91 Å². The van der Waals surface area contributed by atoms with Gasteiger partial charge in [-0.15, -0.1) is 0 Å². The summed E-state index contributed by atoms with van der Waals surface area (Å²) in [6, 6.07) is 7.18. The van der Waals surface area contributed by atoms with Crippen LogP contribution in [0.4, 0.5) is 5.69 Å². The number of hydrogen-bond acceptors (Lipinski definition) is 3. The van der Waals surface area contributed by atoms with Crippen LogP contribution >= 0.6 is 0 Å². The SMILES string of the molecule is CCN(CC)C(=O)c1ccc(NC(=O)C23C[C@@H]4C[C@@H](CC(O)(C4)C2)C3)cc1. The third-order valence-corrected chi connectivity index (χ3v) is 6.95. The summed E-state index contributed by atoms with van der Waals surface area (Å²) in [5, 5.41) is 13.9. The molecule has 2 amide bonds. The van der Waals surface area contributed by atoms with E-state index in [1.807, 2.05) is 26.0 Å². The molecule has 0 spiro atoms. The van der Waals surface area contributed by atoms with Crippen LogP contribution in [0, 0.1) is 17.3 Å². The van der Waals surface area contributed by atoms with E-state index in [1.165, 1.54) is 6.42 Å². The molecular formula is C22H30N2O3. The van der Waals surface area contributed by atoms with Gasteiger partial charge in [0.05, 0.1) is 11.0 Å². The monoisotopic (exact) mass is 370 g/mol. The molecule has 4 fully saturated rings. The summed E-state index contributed by atoms with van der Waals surface area (Å²) in [5.74, 6) is 1.02. The van der Waals surface area contributed by atoms with Crippen molar-refractivity contribution in [3.05, 3.63) is 29.8 Å². The number of amides is 2. The van der Waals surface area contributed by atoms with Crippen LogP contribution in [0.5, 0.6) is 0 Å². The van der Waals surface area contributed by atoms with E-state index in [-0.39, 0.29) is 11.8 Å². The van der Waals surface area contributed by atoms with Crippen molar-refractivity contribution in [2.45, 2.75) is 58.0 Å². The Morgan fingerprint density at radius 3 is 2.19 bits per heavy atom. The van der Waals surface area contributed by atoms with E-state index in [0.29, 0.717) is 36.9 Å². The lowest BCUT2D eigenvalue weighted by molar-refractivity contribution is -0.174. The maximum atomic E-state index is 13.1. The number of hydrogen-bond donors (Lipinski definition) is 2. The molecule has 4 aliphatic rings. The summed E-state index contributed by atoms with van der Waals surface area (Å²) in [6.45, 7) is 5.30. The highest BCUT2D eigenvalue weighted by Gasteiger charge is 2.60. The lowest BCUT2D eigenvalue weighted by Crippen LogP contribution is -2.59. The highest BCUT2D eigenvalue weighted by Crippen LogP contribution is 2.61.